The minimum atomic E-state index is 0.135. The Hall–Kier alpha value is -3.02. The molecule has 4 rings (SSSR count). The maximum absolute atomic E-state index is 12.9. The summed E-state index contributed by atoms with van der Waals surface area (Å²) < 4.78 is 7.34. The van der Waals surface area contributed by atoms with Gasteiger partial charge in [0.2, 0.25) is 11.9 Å². The van der Waals surface area contributed by atoms with Crippen molar-refractivity contribution in [1.82, 2.24) is 14.5 Å². The highest BCUT2D eigenvalue weighted by atomic mass is 16.5. The van der Waals surface area contributed by atoms with Crippen LogP contribution in [-0.2, 0) is 11.2 Å². The first-order valence-electron chi connectivity index (χ1n) is 9.29. The van der Waals surface area contributed by atoms with E-state index in [1.807, 2.05) is 53.4 Å². The number of nitrogen functional groups attached to an aromatic ring is 1. The van der Waals surface area contributed by atoms with Crippen molar-refractivity contribution in [3.63, 3.8) is 0 Å². The number of rotatable bonds is 4. The lowest BCUT2D eigenvalue weighted by atomic mass is 10.0. The second-order valence-electron chi connectivity index (χ2n) is 6.99. The number of hydrogen-bond donors (Lipinski definition) is 1. The number of benzene rings is 2. The number of carbonyl (C=O) groups excluding carboxylic acids is 1. The summed E-state index contributed by atoms with van der Waals surface area (Å²) in [5.74, 6) is 1.42. The number of imidazole rings is 1. The topological polar surface area (TPSA) is 73.4 Å². The number of amides is 1. The van der Waals surface area contributed by atoms with Crippen LogP contribution in [0, 0.1) is 0 Å². The van der Waals surface area contributed by atoms with Gasteiger partial charge < -0.3 is 19.9 Å². The molecule has 6 nitrogen and oxygen atoms in total. The van der Waals surface area contributed by atoms with Crippen LogP contribution in [0.25, 0.3) is 11.0 Å². The van der Waals surface area contributed by atoms with Gasteiger partial charge in [-0.2, -0.15) is 0 Å². The lowest BCUT2D eigenvalue weighted by Gasteiger charge is -2.34. The molecule has 1 unspecified atom stereocenters. The van der Waals surface area contributed by atoms with Crippen LogP contribution >= 0.6 is 0 Å². The first-order chi connectivity index (χ1) is 13.2. The number of nitrogens with zero attached hydrogens (tertiary/aromatic N) is 3. The molecule has 1 atom stereocenters. The Bertz CT molecular complexity index is 966. The van der Waals surface area contributed by atoms with E-state index in [1.54, 1.807) is 7.11 Å². The van der Waals surface area contributed by atoms with Gasteiger partial charge in [0.25, 0.3) is 0 Å². The molecular weight excluding hydrogens is 340 g/mol. The molecule has 2 heterocycles. The van der Waals surface area contributed by atoms with Crippen LogP contribution in [0.5, 0.6) is 5.75 Å². The molecule has 27 heavy (non-hydrogen) atoms. The van der Waals surface area contributed by atoms with Crippen LogP contribution in [0.1, 0.15) is 24.4 Å². The molecule has 140 valence electrons. The van der Waals surface area contributed by atoms with E-state index in [-0.39, 0.29) is 11.9 Å². The third-order valence-corrected chi connectivity index (χ3v) is 5.23. The van der Waals surface area contributed by atoms with E-state index < -0.39 is 0 Å². The molecule has 6 heteroatoms. The number of ether oxygens (including phenoxy) is 1. The minimum absolute atomic E-state index is 0.135. The van der Waals surface area contributed by atoms with Crippen LogP contribution in [0.3, 0.4) is 0 Å². The van der Waals surface area contributed by atoms with Crippen LogP contribution in [0.2, 0.25) is 0 Å². The van der Waals surface area contributed by atoms with Crippen LogP contribution in [0.15, 0.2) is 48.5 Å². The highest BCUT2D eigenvalue weighted by Gasteiger charge is 2.27. The van der Waals surface area contributed by atoms with Gasteiger partial charge in [0.15, 0.2) is 0 Å². The first-order valence-corrected chi connectivity index (χ1v) is 9.29. The van der Waals surface area contributed by atoms with E-state index in [0.717, 1.165) is 41.7 Å². The number of nitrogens with two attached hydrogens (primary N) is 1. The van der Waals surface area contributed by atoms with Gasteiger partial charge in [0.05, 0.1) is 30.6 Å². The Kier molecular flexibility index (Phi) is 4.71. The minimum Gasteiger partial charge on any atom is -0.497 e. The van der Waals surface area contributed by atoms with Crippen molar-refractivity contribution >= 4 is 22.9 Å². The van der Waals surface area contributed by atoms with Crippen LogP contribution < -0.4 is 10.5 Å². The maximum atomic E-state index is 12.9. The molecule has 2 N–H and O–H groups in total. The lowest BCUT2D eigenvalue weighted by Crippen LogP contribution is -2.41. The summed E-state index contributed by atoms with van der Waals surface area (Å²) in [6.45, 7) is 1.44. The van der Waals surface area contributed by atoms with E-state index in [4.69, 9.17) is 10.5 Å². The van der Waals surface area contributed by atoms with Crippen molar-refractivity contribution in [2.75, 3.05) is 25.9 Å². The molecule has 1 saturated heterocycles. The van der Waals surface area contributed by atoms with Gasteiger partial charge in [-0.15, -0.1) is 0 Å². The molecule has 0 radical (unpaired) electrons. The normalized spacial score (nSPS) is 17.2. The zero-order chi connectivity index (χ0) is 18.8. The molecule has 0 saturated carbocycles. The Morgan fingerprint density at radius 3 is 2.96 bits per heavy atom. The Labute approximate surface area is 158 Å². The van der Waals surface area contributed by atoms with E-state index in [9.17, 15) is 4.79 Å². The fourth-order valence-corrected chi connectivity index (χ4v) is 3.91. The quantitative estimate of drug-likeness (QED) is 0.772. The number of fused-ring (bicyclic) bond motifs is 1. The monoisotopic (exact) mass is 364 g/mol. The summed E-state index contributed by atoms with van der Waals surface area (Å²) in [7, 11) is 1.63. The maximum Gasteiger partial charge on any atom is 0.227 e. The van der Waals surface area contributed by atoms with Gasteiger partial charge in [-0.25, -0.2) is 4.98 Å². The predicted molar refractivity (Wildman–Crippen MR) is 106 cm³/mol. The van der Waals surface area contributed by atoms with Gasteiger partial charge in [-0.3, -0.25) is 4.79 Å². The number of anilines is 1. The molecular formula is C21H24N4O2. The highest BCUT2D eigenvalue weighted by molar-refractivity contribution is 5.80. The van der Waals surface area contributed by atoms with Gasteiger partial charge in [0, 0.05) is 13.1 Å². The number of carbonyl (C=O) groups is 1. The van der Waals surface area contributed by atoms with Gasteiger partial charge in [-0.1, -0.05) is 24.3 Å². The first kappa shape index (κ1) is 17.4. The zero-order valence-corrected chi connectivity index (χ0v) is 15.5. The summed E-state index contributed by atoms with van der Waals surface area (Å²) >= 11 is 0. The molecule has 3 aromatic rings. The largest absolute Gasteiger partial charge is 0.497 e. The number of hydrogen-bond acceptors (Lipinski definition) is 4. The molecule has 0 bridgehead atoms. The predicted octanol–water partition coefficient (Wildman–Crippen LogP) is 3.03. The molecule has 1 aliphatic rings. The van der Waals surface area contributed by atoms with E-state index >= 15 is 0 Å². The van der Waals surface area contributed by atoms with Gasteiger partial charge >= 0.3 is 0 Å². The second kappa shape index (κ2) is 7.31. The van der Waals surface area contributed by atoms with Gasteiger partial charge in [0.1, 0.15) is 5.75 Å². The van der Waals surface area contributed by atoms with Crippen LogP contribution in [0.4, 0.5) is 5.95 Å². The SMILES string of the molecule is COc1cccc(CC(=O)N2CCCC(n3c(N)nc4ccccc43)C2)c1. The van der Waals surface area contributed by atoms with E-state index in [2.05, 4.69) is 9.55 Å². The summed E-state index contributed by atoms with van der Waals surface area (Å²) in [5, 5.41) is 0. The fraction of sp³-hybridized carbons (Fsp3) is 0.333. The summed E-state index contributed by atoms with van der Waals surface area (Å²) in [6, 6.07) is 15.8. The molecule has 1 aliphatic heterocycles. The molecule has 0 spiro atoms. The highest BCUT2D eigenvalue weighted by Crippen LogP contribution is 2.29. The summed E-state index contributed by atoms with van der Waals surface area (Å²) in [5.41, 5.74) is 9.09. The Morgan fingerprint density at radius 2 is 2.11 bits per heavy atom. The van der Waals surface area contributed by atoms with Crippen molar-refractivity contribution in [2.45, 2.75) is 25.3 Å². The zero-order valence-electron chi connectivity index (χ0n) is 15.5. The average Bonchev–Trinajstić information content (AvgIpc) is 3.04. The molecule has 1 fully saturated rings. The number of methoxy groups -OCH3 is 1. The molecule has 0 aliphatic carbocycles. The van der Waals surface area contributed by atoms with Crippen molar-refractivity contribution < 1.29 is 9.53 Å². The smallest absolute Gasteiger partial charge is 0.227 e. The third-order valence-electron chi connectivity index (χ3n) is 5.23. The van der Waals surface area contributed by atoms with E-state index in [1.165, 1.54) is 0 Å². The molecule has 2 aromatic carbocycles. The number of piperidine rings is 1. The number of likely N-dealkylation sites (tertiary alicyclic amines) is 1. The standard InChI is InChI=1S/C21H24N4O2/c1-27-17-8-4-6-15(12-17)13-20(26)24-11-5-7-16(14-24)25-19-10-3-2-9-18(19)23-21(25)22/h2-4,6,8-10,12,16H,5,7,11,13-14H2,1H3,(H2,22,23). The Balaban J connectivity index is 1.52. The number of para-hydroxylation sites is 2. The average molecular weight is 364 g/mol. The van der Waals surface area contributed by atoms with Crippen molar-refractivity contribution in [3.8, 4) is 5.75 Å². The summed E-state index contributed by atoms with van der Waals surface area (Å²) in [6.07, 6.45) is 2.33. The second-order valence-corrected chi connectivity index (χ2v) is 6.99. The molecule has 1 amide bonds. The third kappa shape index (κ3) is 3.47. The Morgan fingerprint density at radius 1 is 1.26 bits per heavy atom. The molecule has 1 aromatic heterocycles. The van der Waals surface area contributed by atoms with E-state index in [0.29, 0.717) is 18.9 Å². The summed E-state index contributed by atoms with van der Waals surface area (Å²) in [4.78, 5) is 19.3. The van der Waals surface area contributed by atoms with Crippen LogP contribution in [-0.4, -0.2) is 40.6 Å². The van der Waals surface area contributed by atoms with Gasteiger partial charge in [-0.05, 0) is 42.7 Å². The fourth-order valence-electron chi connectivity index (χ4n) is 3.91. The number of aromatic nitrogens is 2. The van der Waals surface area contributed by atoms with Crippen molar-refractivity contribution in [2.24, 2.45) is 0 Å². The van der Waals surface area contributed by atoms with Crippen molar-refractivity contribution in [3.05, 3.63) is 54.1 Å². The lowest BCUT2D eigenvalue weighted by molar-refractivity contribution is -0.132. The van der Waals surface area contributed by atoms with Crippen molar-refractivity contribution in [1.29, 1.82) is 0 Å².